The Morgan fingerprint density at radius 1 is 1.33 bits per heavy atom. The molecule has 1 aromatic rings. The molecule has 1 atom stereocenters. The normalized spacial score (nSPS) is 11.5. The number of carbonyl (C=O) groups is 2. The van der Waals surface area contributed by atoms with Gasteiger partial charge in [-0.3, -0.25) is 4.79 Å². The lowest BCUT2D eigenvalue weighted by atomic mass is 10.2. The molecule has 0 saturated carbocycles. The molecule has 1 rings (SSSR count). The lowest BCUT2D eigenvalue weighted by molar-refractivity contribution is -0.142. The molecule has 0 spiro atoms. The van der Waals surface area contributed by atoms with Crippen LogP contribution in [0.15, 0.2) is 24.3 Å². The summed E-state index contributed by atoms with van der Waals surface area (Å²) in [4.78, 5) is 22.2. The summed E-state index contributed by atoms with van der Waals surface area (Å²) in [5.41, 5.74) is 6.04. The summed E-state index contributed by atoms with van der Waals surface area (Å²) in [5, 5.41) is 2.63. The number of nitrogens with two attached hydrogens (primary N) is 1. The van der Waals surface area contributed by atoms with Crippen LogP contribution in [0.4, 0.5) is 5.69 Å². The summed E-state index contributed by atoms with van der Waals surface area (Å²) in [6.07, 6.45) is 0. The Balaban J connectivity index is 2.52. The minimum absolute atomic E-state index is 0.151. The molecule has 0 unspecified atom stereocenters. The van der Waals surface area contributed by atoms with Gasteiger partial charge in [0.2, 0.25) is 5.91 Å². The Bertz CT molecular complexity index is 415. The van der Waals surface area contributed by atoms with Gasteiger partial charge in [0.1, 0.15) is 5.75 Å². The first-order chi connectivity index (χ1) is 8.52. The second-order valence-corrected chi connectivity index (χ2v) is 3.67. The second kappa shape index (κ2) is 6.61. The molecule has 0 aliphatic heterocycles. The molecule has 1 amide bonds. The molecule has 0 fully saturated rings. The number of rotatable bonds is 5. The predicted molar refractivity (Wildman–Crippen MR) is 66.2 cm³/mol. The molecule has 6 nitrogen and oxygen atoms in total. The monoisotopic (exact) mass is 252 g/mol. The molecule has 0 aliphatic rings. The molecule has 6 heteroatoms. The molecule has 0 heterocycles. The van der Waals surface area contributed by atoms with E-state index >= 15 is 0 Å². The summed E-state index contributed by atoms with van der Waals surface area (Å²) in [7, 11) is 1.29. The van der Waals surface area contributed by atoms with E-state index in [9.17, 15) is 9.59 Å². The number of anilines is 1. The van der Waals surface area contributed by atoms with Gasteiger partial charge in [0.15, 0.2) is 6.61 Å². The van der Waals surface area contributed by atoms with Crippen molar-refractivity contribution >= 4 is 17.6 Å². The van der Waals surface area contributed by atoms with Crippen LogP contribution in [0, 0.1) is 0 Å². The van der Waals surface area contributed by atoms with Crippen LogP contribution in [-0.4, -0.2) is 31.6 Å². The third-order valence-corrected chi connectivity index (χ3v) is 2.12. The maximum Gasteiger partial charge on any atom is 0.343 e. The summed E-state index contributed by atoms with van der Waals surface area (Å²) < 4.78 is 9.59. The van der Waals surface area contributed by atoms with E-state index in [1.165, 1.54) is 7.11 Å². The molecule has 0 aromatic heterocycles. The van der Waals surface area contributed by atoms with Gasteiger partial charge in [0.05, 0.1) is 13.2 Å². The first-order valence-corrected chi connectivity index (χ1v) is 5.39. The van der Waals surface area contributed by atoms with Crippen molar-refractivity contribution in [2.45, 2.75) is 13.0 Å². The lowest BCUT2D eigenvalue weighted by Crippen LogP contribution is -2.32. The van der Waals surface area contributed by atoms with Crippen LogP contribution >= 0.6 is 0 Å². The number of ether oxygens (including phenoxy) is 2. The number of nitrogens with one attached hydrogen (secondary N) is 1. The van der Waals surface area contributed by atoms with Gasteiger partial charge >= 0.3 is 5.97 Å². The molecule has 0 aliphatic carbocycles. The van der Waals surface area contributed by atoms with Crippen molar-refractivity contribution in [3.05, 3.63) is 24.3 Å². The first kappa shape index (κ1) is 14.0. The van der Waals surface area contributed by atoms with E-state index in [-0.39, 0.29) is 12.5 Å². The Morgan fingerprint density at radius 2 is 1.94 bits per heavy atom. The van der Waals surface area contributed by atoms with Gasteiger partial charge in [-0.2, -0.15) is 0 Å². The molecule has 0 radical (unpaired) electrons. The van der Waals surface area contributed by atoms with Crippen LogP contribution in [0.25, 0.3) is 0 Å². The zero-order valence-electron chi connectivity index (χ0n) is 10.3. The van der Waals surface area contributed by atoms with Crippen molar-refractivity contribution in [3.63, 3.8) is 0 Å². The standard InChI is InChI=1S/C12H16N2O4/c1-8(13)12(16)14-9-3-5-10(6-4-9)18-7-11(15)17-2/h3-6,8H,7,13H2,1-2H3,(H,14,16)/t8-/m0/s1. The maximum atomic E-state index is 11.3. The van der Waals surface area contributed by atoms with E-state index in [0.717, 1.165) is 0 Å². The molecule has 0 saturated heterocycles. The maximum absolute atomic E-state index is 11.3. The zero-order valence-corrected chi connectivity index (χ0v) is 10.3. The van der Waals surface area contributed by atoms with Crippen molar-refractivity contribution in [2.24, 2.45) is 5.73 Å². The fraction of sp³-hybridized carbons (Fsp3) is 0.333. The summed E-state index contributed by atoms with van der Waals surface area (Å²) in [6.45, 7) is 1.45. The smallest absolute Gasteiger partial charge is 0.343 e. The highest BCUT2D eigenvalue weighted by atomic mass is 16.6. The fourth-order valence-electron chi connectivity index (χ4n) is 1.09. The van der Waals surface area contributed by atoms with Crippen molar-refractivity contribution in [1.29, 1.82) is 0 Å². The second-order valence-electron chi connectivity index (χ2n) is 3.67. The van der Waals surface area contributed by atoms with Gasteiger partial charge in [-0.25, -0.2) is 4.79 Å². The third-order valence-electron chi connectivity index (χ3n) is 2.12. The number of benzene rings is 1. The highest BCUT2D eigenvalue weighted by molar-refractivity contribution is 5.94. The SMILES string of the molecule is COC(=O)COc1ccc(NC(=O)[C@H](C)N)cc1. The number of methoxy groups -OCH3 is 1. The largest absolute Gasteiger partial charge is 0.482 e. The number of amides is 1. The zero-order chi connectivity index (χ0) is 13.5. The van der Waals surface area contributed by atoms with Crippen LogP contribution in [0.2, 0.25) is 0 Å². The highest BCUT2D eigenvalue weighted by Crippen LogP contribution is 2.15. The summed E-state index contributed by atoms with van der Waals surface area (Å²) in [5.74, 6) is -0.207. The summed E-state index contributed by atoms with van der Waals surface area (Å²) >= 11 is 0. The van der Waals surface area contributed by atoms with Crippen LogP contribution in [0.5, 0.6) is 5.75 Å². The Labute approximate surface area is 105 Å². The molecular formula is C12H16N2O4. The van der Waals surface area contributed by atoms with Crippen molar-refractivity contribution in [1.82, 2.24) is 0 Å². The van der Waals surface area contributed by atoms with E-state index in [1.807, 2.05) is 0 Å². The fourth-order valence-corrected chi connectivity index (χ4v) is 1.09. The van der Waals surface area contributed by atoms with Gasteiger partial charge in [-0.1, -0.05) is 0 Å². The Kier molecular flexibility index (Phi) is 5.13. The van der Waals surface area contributed by atoms with E-state index in [0.29, 0.717) is 11.4 Å². The third kappa shape index (κ3) is 4.42. The Morgan fingerprint density at radius 3 is 2.44 bits per heavy atom. The van der Waals surface area contributed by atoms with Gasteiger partial charge in [0.25, 0.3) is 0 Å². The average molecular weight is 252 g/mol. The molecular weight excluding hydrogens is 236 g/mol. The van der Waals surface area contributed by atoms with Crippen molar-refractivity contribution in [2.75, 3.05) is 19.0 Å². The molecule has 0 bridgehead atoms. The van der Waals surface area contributed by atoms with Gasteiger partial charge in [0, 0.05) is 5.69 Å². The number of esters is 1. The number of hydrogen-bond acceptors (Lipinski definition) is 5. The number of hydrogen-bond donors (Lipinski definition) is 2. The molecule has 3 N–H and O–H groups in total. The quantitative estimate of drug-likeness (QED) is 0.746. The van der Waals surface area contributed by atoms with E-state index in [4.69, 9.17) is 10.5 Å². The summed E-state index contributed by atoms with van der Waals surface area (Å²) in [6, 6.07) is 6.03. The van der Waals surface area contributed by atoms with Gasteiger partial charge in [-0.05, 0) is 31.2 Å². The topological polar surface area (TPSA) is 90.6 Å². The van der Waals surface area contributed by atoms with Crippen LogP contribution in [-0.2, 0) is 14.3 Å². The van der Waals surface area contributed by atoms with Crippen LogP contribution < -0.4 is 15.8 Å². The van der Waals surface area contributed by atoms with Gasteiger partial charge < -0.3 is 20.5 Å². The van der Waals surface area contributed by atoms with Crippen molar-refractivity contribution in [3.8, 4) is 5.75 Å². The highest BCUT2D eigenvalue weighted by Gasteiger charge is 2.07. The minimum atomic E-state index is -0.569. The van der Waals surface area contributed by atoms with Gasteiger partial charge in [-0.15, -0.1) is 0 Å². The molecule has 1 aromatic carbocycles. The molecule has 18 heavy (non-hydrogen) atoms. The Hall–Kier alpha value is -2.08. The minimum Gasteiger partial charge on any atom is -0.482 e. The lowest BCUT2D eigenvalue weighted by Gasteiger charge is -2.09. The average Bonchev–Trinajstić information content (AvgIpc) is 2.37. The van der Waals surface area contributed by atoms with E-state index < -0.39 is 12.0 Å². The van der Waals surface area contributed by atoms with E-state index in [2.05, 4.69) is 10.1 Å². The number of carbonyl (C=O) groups excluding carboxylic acids is 2. The predicted octanol–water partition coefficient (Wildman–Crippen LogP) is 0.524. The van der Waals surface area contributed by atoms with Crippen LogP contribution in [0.1, 0.15) is 6.92 Å². The van der Waals surface area contributed by atoms with Crippen LogP contribution in [0.3, 0.4) is 0 Å². The first-order valence-electron chi connectivity index (χ1n) is 5.39. The van der Waals surface area contributed by atoms with Crippen molar-refractivity contribution < 1.29 is 19.1 Å². The molecule has 98 valence electrons. The van der Waals surface area contributed by atoms with E-state index in [1.54, 1.807) is 31.2 Å².